The van der Waals surface area contributed by atoms with Crippen LogP contribution in [-0.2, 0) is 14.3 Å². The van der Waals surface area contributed by atoms with Gasteiger partial charge in [0.25, 0.3) is 11.8 Å². The van der Waals surface area contributed by atoms with Gasteiger partial charge in [0.1, 0.15) is 12.6 Å². The number of carbonyl (C=O) groups is 3. The first-order valence-corrected chi connectivity index (χ1v) is 14.9. The molecule has 2 N–H and O–H groups in total. The quantitative estimate of drug-likeness (QED) is 0.335. The Morgan fingerprint density at radius 1 is 1.24 bits per heavy atom. The van der Waals surface area contributed by atoms with Crippen molar-refractivity contribution in [1.82, 2.24) is 10.2 Å². The molecule has 13 heteroatoms. The maximum absolute atomic E-state index is 13.8. The molecule has 1 aromatic heterocycles. The minimum absolute atomic E-state index is 0.00499. The number of amides is 3. The number of nitrogens with one attached hydrogen (secondary N) is 2. The van der Waals surface area contributed by atoms with Crippen LogP contribution in [0.5, 0.6) is 5.75 Å². The number of hydrogen-bond donors (Lipinski definition) is 2. The van der Waals surface area contributed by atoms with Gasteiger partial charge < -0.3 is 25.0 Å². The number of benzene rings is 1. The van der Waals surface area contributed by atoms with Crippen molar-refractivity contribution in [2.75, 3.05) is 49.6 Å². The van der Waals surface area contributed by atoms with Crippen molar-refractivity contribution < 1.29 is 32.6 Å². The standard InChI is InChI=1S/C28H35ClF2N4O5S/c1-17(2)14-34(15-18-4-3-5-18)21(13-32-27(38)23-8-9-24(29)41-23)26(37)33-20-7-6-19(12-22(20)40-28(30)31)35-10-11-39-16-25(35)36/h6-9,12,17-18,21,28H,3-5,10-11,13-16H2,1-2H3,(H,32,38)(H,33,37)/t21-/m0/s1. The van der Waals surface area contributed by atoms with Crippen molar-refractivity contribution in [3.05, 3.63) is 39.5 Å². The van der Waals surface area contributed by atoms with Gasteiger partial charge in [0.2, 0.25) is 5.91 Å². The Bertz CT molecular complexity index is 1230. The Hall–Kier alpha value is -2.80. The SMILES string of the molecule is CC(C)CN(CC1CCC1)[C@@H](CNC(=O)c1ccc(Cl)s1)C(=O)Nc1ccc(N2CCOCC2=O)cc1OC(F)F. The molecule has 1 saturated carbocycles. The number of alkyl halides is 2. The Balaban J connectivity index is 1.58. The van der Waals surface area contributed by atoms with Crippen molar-refractivity contribution in [3.8, 4) is 5.75 Å². The van der Waals surface area contributed by atoms with E-state index in [9.17, 15) is 23.2 Å². The van der Waals surface area contributed by atoms with Gasteiger partial charge >= 0.3 is 6.61 Å². The first-order chi connectivity index (χ1) is 19.6. The van der Waals surface area contributed by atoms with Crippen LogP contribution in [-0.4, -0.2) is 74.7 Å². The van der Waals surface area contributed by atoms with E-state index in [1.54, 1.807) is 18.2 Å². The topological polar surface area (TPSA) is 100 Å². The van der Waals surface area contributed by atoms with Gasteiger partial charge in [0, 0.05) is 37.9 Å². The summed E-state index contributed by atoms with van der Waals surface area (Å²) < 4.78 is 37.1. The smallest absolute Gasteiger partial charge is 0.387 e. The van der Waals surface area contributed by atoms with Crippen molar-refractivity contribution in [3.63, 3.8) is 0 Å². The van der Waals surface area contributed by atoms with Gasteiger partial charge in [-0.15, -0.1) is 11.3 Å². The predicted octanol–water partition coefficient (Wildman–Crippen LogP) is 4.86. The molecule has 4 rings (SSSR count). The van der Waals surface area contributed by atoms with Crippen LogP contribution in [0.3, 0.4) is 0 Å². The number of hydrogen-bond acceptors (Lipinski definition) is 7. The zero-order valence-corrected chi connectivity index (χ0v) is 24.6. The highest BCUT2D eigenvalue weighted by molar-refractivity contribution is 7.18. The molecule has 0 bridgehead atoms. The van der Waals surface area contributed by atoms with Gasteiger partial charge in [-0.05, 0) is 48.9 Å². The van der Waals surface area contributed by atoms with Gasteiger partial charge in [-0.2, -0.15) is 8.78 Å². The fraction of sp³-hybridized carbons (Fsp3) is 0.536. The summed E-state index contributed by atoms with van der Waals surface area (Å²) >= 11 is 7.13. The molecule has 0 radical (unpaired) electrons. The van der Waals surface area contributed by atoms with E-state index in [0.29, 0.717) is 40.5 Å². The molecule has 2 aromatic rings. The van der Waals surface area contributed by atoms with Gasteiger partial charge in [-0.1, -0.05) is 31.9 Å². The summed E-state index contributed by atoms with van der Waals surface area (Å²) in [5.41, 5.74) is 0.394. The largest absolute Gasteiger partial charge is 0.433 e. The lowest BCUT2D eigenvalue weighted by molar-refractivity contribution is -0.125. The van der Waals surface area contributed by atoms with E-state index in [0.717, 1.165) is 30.6 Å². The summed E-state index contributed by atoms with van der Waals surface area (Å²) in [6.45, 7) is 2.71. The molecule has 2 aliphatic rings. The van der Waals surface area contributed by atoms with E-state index in [2.05, 4.69) is 29.4 Å². The molecule has 1 aromatic carbocycles. The molecule has 3 amide bonds. The van der Waals surface area contributed by atoms with Crippen molar-refractivity contribution in [2.24, 2.45) is 11.8 Å². The summed E-state index contributed by atoms with van der Waals surface area (Å²) in [5.74, 6) is -0.716. The molecule has 224 valence electrons. The van der Waals surface area contributed by atoms with E-state index < -0.39 is 18.6 Å². The molecule has 1 aliphatic carbocycles. The third-order valence-electron chi connectivity index (χ3n) is 7.05. The Morgan fingerprint density at radius 3 is 2.63 bits per heavy atom. The monoisotopic (exact) mass is 612 g/mol. The van der Waals surface area contributed by atoms with Gasteiger partial charge in [-0.3, -0.25) is 19.3 Å². The number of anilines is 2. The third-order valence-corrected chi connectivity index (χ3v) is 8.28. The number of morpholine rings is 1. The van der Waals surface area contributed by atoms with Crippen LogP contribution in [0.1, 0.15) is 42.8 Å². The van der Waals surface area contributed by atoms with E-state index in [-0.39, 0.29) is 48.9 Å². The maximum Gasteiger partial charge on any atom is 0.387 e. The van der Waals surface area contributed by atoms with Crippen molar-refractivity contribution in [1.29, 1.82) is 0 Å². The lowest BCUT2D eigenvalue weighted by atomic mass is 9.84. The van der Waals surface area contributed by atoms with Crippen LogP contribution in [0.25, 0.3) is 0 Å². The lowest BCUT2D eigenvalue weighted by Crippen LogP contribution is -2.53. The molecule has 0 unspecified atom stereocenters. The number of nitrogens with zero attached hydrogens (tertiary/aromatic N) is 2. The van der Waals surface area contributed by atoms with Crippen LogP contribution in [0, 0.1) is 11.8 Å². The number of rotatable bonds is 13. The van der Waals surface area contributed by atoms with Crippen LogP contribution in [0.4, 0.5) is 20.2 Å². The molecule has 9 nitrogen and oxygen atoms in total. The van der Waals surface area contributed by atoms with E-state index >= 15 is 0 Å². The third kappa shape index (κ3) is 8.60. The first kappa shape index (κ1) is 31.1. The Labute approximate surface area is 247 Å². The predicted molar refractivity (Wildman–Crippen MR) is 154 cm³/mol. The zero-order chi connectivity index (χ0) is 29.5. The fourth-order valence-corrected chi connectivity index (χ4v) is 5.85. The highest BCUT2D eigenvalue weighted by Gasteiger charge is 2.32. The molecule has 1 aliphatic heterocycles. The number of thiophene rings is 1. The maximum atomic E-state index is 13.8. The second kappa shape index (κ2) is 14.4. The normalized spacial score (nSPS) is 16.7. The van der Waals surface area contributed by atoms with E-state index in [1.807, 2.05) is 0 Å². The summed E-state index contributed by atoms with van der Waals surface area (Å²) in [7, 11) is 0. The molecule has 2 heterocycles. The average Bonchev–Trinajstić information content (AvgIpc) is 3.33. The summed E-state index contributed by atoms with van der Waals surface area (Å²) in [5, 5.41) is 5.60. The van der Waals surface area contributed by atoms with E-state index in [4.69, 9.17) is 21.1 Å². The molecule has 1 saturated heterocycles. The van der Waals surface area contributed by atoms with Gasteiger partial charge in [0.15, 0.2) is 5.75 Å². The molecular formula is C28H35ClF2N4O5S. The molecule has 1 atom stereocenters. The molecule has 2 fully saturated rings. The minimum Gasteiger partial charge on any atom is -0.433 e. The molecular weight excluding hydrogens is 578 g/mol. The van der Waals surface area contributed by atoms with Crippen molar-refractivity contribution in [2.45, 2.75) is 45.8 Å². The Morgan fingerprint density at radius 2 is 2.02 bits per heavy atom. The van der Waals surface area contributed by atoms with Gasteiger partial charge in [-0.25, -0.2) is 0 Å². The van der Waals surface area contributed by atoms with Crippen LogP contribution < -0.4 is 20.3 Å². The van der Waals surface area contributed by atoms with Crippen LogP contribution in [0.2, 0.25) is 4.34 Å². The Kier molecular flexibility index (Phi) is 10.9. The highest BCUT2D eigenvalue weighted by atomic mass is 35.5. The van der Waals surface area contributed by atoms with Crippen LogP contribution in [0.15, 0.2) is 30.3 Å². The van der Waals surface area contributed by atoms with Crippen LogP contribution >= 0.6 is 22.9 Å². The van der Waals surface area contributed by atoms with Gasteiger partial charge in [0.05, 0.1) is 21.5 Å². The first-order valence-electron chi connectivity index (χ1n) is 13.7. The summed E-state index contributed by atoms with van der Waals surface area (Å²) in [6.07, 6.45) is 3.27. The summed E-state index contributed by atoms with van der Waals surface area (Å²) in [4.78, 5) is 42.8. The number of halogens is 3. The second-order valence-corrected chi connectivity index (χ2v) is 12.3. The summed E-state index contributed by atoms with van der Waals surface area (Å²) in [6, 6.07) is 6.78. The lowest BCUT2D eigenvalue weighted by Gasteiger charge is -2.37. The fourth-order valence-electron chi connectivity index (χ4n) is 4.89. The highest BCUT2D eigenvalue weighted by Crippen LogP contribution is 2.33. The van der Waals surface area contributed by atoms with E-state index in [1.165, 1.54) is 17.0 Å². The molecule has 0 spiro atoms. The number of ether oxygens (including phenoxy) is 2. The second-order valence-electron chi connectivity index (χ2n) is 10.6. The van der Waals surface area contributed by atoms with Crippen molar-refractivity contribution >= 4 is 52.0 Å². The minimum atomic E-state index is -3.15. The number of carbonyl (C=O) groups excluding carboxylic acids is 3. The zero-order valence-electron chi connectivity index (χ0n) is 23.0. The molecule has 41 heavy (non-hydrogen) atoms. The average molecular weight is 613 g/mol.